The summed E-state index contributed by atoms with van der Waals surface area (Å²) in [5.74, 6) is 0. The van der Waals surface area contributed by atoms with Crippen molar-refractivity contribution in [2.24, 2.45) is 0 Å². The molecule has 0 aliphatic carbocycles. The van der Waals surface area contributed by atoms with E-state index in [1.807, 2.05) is 30.3 Å². The SMILES string of the molecule is c1ccc(-c2ccc3ccc4ccc(-c5cccc(-c6ccc7nc(-c8cccc9ccccc89)c8oc9ccccc9c8c7c6)c5)nc4c3n2)cc1. The van der Waals surface area contributed by atoms with Crippen LogP contribution in [0.5, 0.6) is 0 Å². The molecule has 0 aliphatic heterocycles. The van der Waals surface area contributed by atoms with Gasteiger partial charge in [0.1, 0.15) is 11.3 Å². The lowest BCUT2D eigenvalue weighted by atomic mass is 9.96. The minimum atomic E-state index is 0.803. The highest BCUT2D eigenvalue weighted by atomic mass is 16.3. The van der Waals surface area contributed by atoms with Crippen molar-refractivity contribution >= 4 is 65.4 Å². The van der Waals surface area contributed by atoms with Crippen molar-refractivity contribution in [3.8, 4) is 44.9 Å². The Morgan fingerprint density at radius 2 is 1.00 bits per heavy atom. The molecule has 11 aromatic rings. The van der Waals surface area contributed by atoms with E-state index in [2.05, 4.69) is 146 Å². The van der Waals surface area contributed by atoms with Crippen LogP contribution < -0.4 is 0 Å². The van der Waals surface area contributed by atoms with E-state index < -0.39 is 0 Å². The predicted octanol–water partition coefficient (Wildman–Crippen LogP) is 13.1. The van der Waals surface area contributed by atoms with Gasteiger partial charge in [-0.05, 0) is 58.3 Å². The lowest BCUT2D eigenvalue weighted by Crippen LogP contribution is -1.91. The van der Waals surface area contributed by atoms with Gasteiger partial charge in [-0.3, -0.25) is 0 Å². The molecule has 0 saturated carbocycles. The summed E-state index contributed by atoms with van der Waals surface area (Å²) in [6, 6.07) is 61.4. The molecule has 0 amide bonds. The van der Waals surface area contributed by atoms with Crippen molar-refractivity contribution in [3.63, 3.8) is 0 Å². The Morgan fingerprint density at radius 3 is 1.83 bits per heavy atom. The number of pyridine rings is 3. The van der Waals surface area contributed by atoms with Crippen molar-refractivity contribution in [3.05, 3.63) is 176 Å². The highest BCUT2D eigenvalue weighted by Crippen LogP contribution is 2.42. The van der Waals surface area contributed by atoms with Gasteiger partial charge in [0.05, 0.1) is 27.9 Å². The van der Waals surface area contributed by atoms with Crippen molar-refractivity contribution < 1.29 is 4.42 Å². The highest BCUT2D eigenvalue weighted by molar-refractivity contribution is 6.22. The number of furan rings is 1. The van der Waals surface area contributed by atoms with Gasteiger partial charge in [0.2, 0.25) is 0 Å². The van der Waals surface area contributed by atoms with Crippen LogP contribution in [0.15, 0.2) is 180 Å². The molecule has 0 fully saturated rings. The van der Waals surface area contributed by atoms with Crippen molar-refractivity contribution in [1.82, 2.24) is 15.0 Å². The molecule has 0 unspecified atom stereocenters. The second kappa shape index (κ2) is 11.7. The van der Waals surface area contributed by atoms with E-state index in [0.29, 0.717) is 0 Å². The van der Waals surface area contributed by atoms with Gasteiger partial charge >= 0.3 is 0 Å². The smallest absolute Gasteiger partial charge is 0.162 e. The third-order valence-corrected chi connectivity index (χ3v) is 10.4. The number of hydrogen-bond donors (Lipinski definition) is 0. The zero-order valence-electron chi connectivity index (χ0n) is 28.5. The third-order valence-electron chi connectivity index (χ3n) is 10.4. The van der Waals surface area contributed by atoms with Crippen LogP contribution in [0.4, 0.5) is 0 Å². The lowest BCUT2D eigenvalue weighted by molar-refractivity contribution is 0.669. The van der Waals surface area contributed by atoms with Crippen LogP contribution in [0.2, 0.25) is 0 Å². The van der Waals surface area contributed by atoms with E-state index in [1.54, 1.807) is 0 Å². The first-order valence-electron chi connectivity index (χ1n) is 17.9. The summed E-state index contributed by atoms with van der Waals surface area (Å²) in [4.78, 5) is 15.6. The van der Waals surface area contributed by atoms with Gasteiger partial charge in [-0.1, -0.05) is 140 Å². The summed E-state index contributed by atoms with van der Waals surface area (Å²) < 4.78 is 6.64. The van der Waals surface area contributed by atoms with Crippen molar-refractivity contribution in [1.29, 1.82) is 0 Å². The van der Waals surface area contributed by atoms with Gasteiger partial charge in [-0.15, -0.1) is 0 Å². The average molecular weight is 676 g/mol. The number of nitrogens with zero attached hydrogens (tertiary/aromatic N) is 3. The fourth-order valence-corrected chi connectivity index (χ4v) is 7.83. The number of aromatic nitrogens is 3. The molecule has 7 aromatic carbocycles. The standard InChI is InChI=1S/C49H29N3O/c1-2-11-31(12-3-1)41-25-22-32-20-21-33-23-26-42(51-47(33)46(32)50-41)36-15-8-14-34(28-36)35-24-27-43-40(29-35)45-39-17-6-7-19-44(39)53-49(45)48(52-43)38-18-9-13-30-10-4-5-16-37(30)38/h1-29H. The molecule has 0 bridgehead atoms. The van der Waals surface area contributed by atoms with Gasteiger partial charge in [-0.2, -0.15) is 0 Å². The highest BCUT2D eigenvalue weighted by Gasteiger charge is 2.20. The van der Waals surface area contributed by atoms with E-state index in [9.17, 15) is 0 Å². The minimum Gasteiger partial charge on any atom is -0.454 e. The molecule has 11 rings (SSSR count). The van der Waals surface area contributed by atoms with E-state index in [4.69, 9.17) is 19.4 Å². The Kier molecular flexibility index (Phi) is 6.52. The largest absolute Gasteiger partial charge is 0.454 e. The van der Waals surface area contributed by atoms with Crippen LogP contribution in [0.25, 0.3) is 110 Å². The number of para-hydroxylation sites is 1. The van der Waals surface area contributed by atoms with E-state index in [0.717, 1.165) is 105 Å². The van der Waals surface area contributed by atoms with E-state index in [1.165, 1.54) is 5.39 Å². The summed E-state index contributed by atoms with van der Waals surface area (Å²) in [5.41, 5.74) is 12.5. The molecule has 4 heterocycles. The molecule has 0 aliphatic rings. The van der Waals surface area contributed by atoms with Crippen LogP contribution in [-0.2, 0) is 0 Å². The zero-order chi connectivity index (χ0) is 34.9. The molecule has 246 valence electrons. The van der Waals surface area contributed by atoms with Gasteiger partial charge in [-0.25, -0.2) is 15.0 Å². The molecular weight excluding hydrogens is 647 g/mol. The maximum absolute atomic E-state index is 6.64. The fraction of sp³-hybridized carbons (Fsp3) is 0. The average Bonchev–Trinajstić information content (AvgIpc) is 3.63. The Bertz CT molecular complexity index is 3230. The molecule has 53 heavy (non-hydrogen) atoms. The summed E-state index contributed by atoms with van der Waals surface area (Å²) in [7, 11) is 0. The summed E-state index contributed by atoms with van der Waals surface area (Å²) in [6.07, 6.45) is 0. The Labute approximate surface area is 304 Å². The second-order valence-electron chi connectivity index (χ2n) is 13.6. The molecular formula is C49H29N3O. The Balaban J connectivity index is 1.06. The van der Waals surface area contributed by atoms with Crippen LogP contribution in [0, 0.1) is 0 Å². The number of benzene rings is 7. The Morgan fingerprint density at radius 1 is 0.377 bits per heavy atom. The molecule has 4 nitrogen and oxygen atoms in total. The summed E-state index contributed by atoms with van der Waals surface area (Å²) in [6.45, 7) is 0. The summed E-state index contributed by atoms with van der Waals surface area (Å²) in [5, 5.41) is 7.69. The molecule has 0 atom stereocenters. The first kappa shape index (κ1) is 29.5. The van der Waals surface area contributed by atoms with Gasteiger partial charge in [0, 0.05) is 43.6 Å². The quantitative estimate of drug-likeness (QED) is 0.174. The van der Waals surface area contributed by atoms with E-state index >= 15 is 0 Å². The topological polar surface area (TPSA) is 51.8 Å². The molecule has 0 spiro atoms. The molecule has 0 saturated heterocycles. The molecule has 0 N–H and O–H groups in total. The fourth-order valence-electron chi connectivity index (χ4n) is 7.83. The van der Waals surface area contributed by atoms with Crippen molar-refractivity contribution in [2.75, 3.05) is 0 Å². The number of hydrogen-bond acceptors (Lipinski definition) is 4. The molecule has 0 radical (unpaired) electrons. The van der Waals surface area contributed by atoms with E-state index in [-0.39, 0.29) is 0 Å². The monoisotopic (exact) mass is 675 g/mol. The number of rotatable bonds is 4. The van der Waals surface area contributed by atoms with Crippen LogP contribution >= 0.6 is 0 Å². The molecule has 4 heteroatoms. The van der Waals surface area contributed by atoms with Crippen molar-refractivity contribution in [2.45, 2.75) is 0 Å². The first-order chi connectivity index (χ1) is 26.2. The second-order valence-corrected chi connectivity index (χ2v) is 13.6. The maximum atomic E-state index is 6.64. The zero-order valence-corrected chi connectivity index (χ0v) is 28.5. The van der Waals surface area contributed by atoms with Crippen LogP contribution in [-0.4, -0.2) is 15.0 Å². The summed E-state index contributed by atoms with van der Waals surface area (Å²) >= 11 is 0. The van der Waals surface area contributed by atoms with Gasteiger partial charge in [0.25, 0.3) is 0 Å². The van der Waals surface area contributed by atoms with Gasteiger partial charge in [0.15, 0.2) is 5.58 Å². The number of fused-ring (bicyclic) bond motifs is 9. The predicted molar refractivity (Wildman–Crippen MR) is 219 cm³/mol. The molecule has 4 aromatic heterocycles. The maximum Gasteiger partial charge on any atom is 0.162 e. The lowest BCUT2D eigenvalue weighted by Gasteiger charge is -2.11. The normalized spacial score (nSPS) is 11.8. The first-order valence-corrected chi connectivity index (χ1v) is 17.9. The van der Waals surface area contributed by atoms with Crippen LogP contribution in [0.1, 0.15) is 0 Å². The van der Waals surface area contributed by atoms with Crippen LogP contribution in [0.3, 0.4) is 0 Å². The minimum absolute atomic E-state index is 0.803. The van der Waals surface area contributed by atoms with Gasteiger partial charge < -0.3 is 4.42 Å². The Hall–Kier alpha value is -7.17. The third kappa shape index (κ3) is 4.80.